The van der Waals surface area contributed by atoms with Gasteiger partial charge in [-0.05, 0) is 31.9 Å². The van der Waals surface area contributed by atoms with E-state index < -0.39 is 0 Å². The van der Waals surface area contributed by atoms with Crippen molar-refractivity contribution in [3.8, 4) is 0 Å². The molecule has 0 aromatic carbocycles. The first-order valence-corrected chi connectivity index (χ1v) is 6.49. The third-order valence-corrected chi connectivity index (χ3v) is 3.51. The molecule has 3 nitrogen and oxygen atoms in total. The highest BCUT2D eigenvalue weighted by Gasteiger charge is 2.23. The summed E-state index contributed by atoms with van der Waals surface area (Å²) in [6, 6.07) is 3.73. The molecule has 1 atom stereocenters. The quantitative estimate of drug-likeness (QED) is 0.720. The number of nitrogens with zero attached hydrogens (tertiary/aromatic N) is 2. The average molecular weight is 253 g/mol. The second-order valence-electron chi connectivity index (χ2n) is 4.57. The molecule has 1 aromatic heterocycles. The van der Waals surface area contributed by atoms with Gasteiger partial charge in [-0.2, -0.15) is 0 Å². The maximum atomic E-state index is 12.3. The Morgan fingerprint density at radius 3 is 2.94 bits per heavy atom. The van der Waals surface area contributed by atoms with Crippen molar-refractivity contribution in [1.29, 1.82) is 0 Å². The van der Waals surface area contributed by atoms with Gasteiger partial charge in [0.2, 0.25) is 0 Å². The van der Waals surface area contributed by atoms with Gasteiger partial charge in [-0.3, -0.25) is 4.79 Å². The second kappa shape index (κ2) is 5.50. The number of carbonyl (C=O) groups is 1. The average Bonchev–Trinajstić information content (AvgIpc) is 2.54. The molecule has 1 fully saturated rings. The van der Waals surface area contributed by atoms with Gasteiger partial charge in [-0.25, -0.2) is 4.98 Å². The van der Waals surface area contributed by atoms with E-state index in [-0.39, 0.29) is 5.91 Å². The normalized spacial score (nSPS) is 21.1. The van der Waals surface area contributed by atoms with Gasteiger partial charge < -0.3 is 4.90 Å². The summed E-state index contributed by atoms with van der Waals surface area (Å²) in [7, 11) is 0. The predicted octanol–water partition coefficient (Wildman–Crippen LogP) is 3.14. The van der Waals surface area contributed by atoms with Gasteiger partial charge >= 0.3 is 0 Å². The Balaban J connectivity index is 2.15. The highest BCUT2D eigenvalue weighted by atomic mass is 35.5. The van der Waals surface area contributed by atoms with Gasteiger partial charge in [0.05, 0.1) is 5.56 Å². The molecule has 0 saturated carbocycles. The van der Waals surface area contributed by atoms with Crippen LogP contribution in [0.1, 0.15) is 43.0 Å². The summed E-state index contributed by atoms with van der Waals surface area (Å²) in [5.41, 5.74) is 0.628. The van der Waals surface area contributed by atoms with Gasteiger partial charge in [-0.15, -0.1) is 0 Å². The van der Waals surface area contributed by atoms with Crippen LogP contribution < -0.4 is 0 Å². The van der Waals surface area contributed by atoms with Crippen molar-refractivity contribution in [1.82, 2.24) is 9.88 Å². The minimum Gasteiger partial charge on any atom is -0.336 e. The Labute approximate surface area is 107 Å². The molecule has 1 aromatic rings. The largest absolute Gasteiger partial charge is 0.336 e. The maximum absolute atomic E-state index is 12.3. The monoisotopic (exact) mass is 252 g/mol. The van der Waals surface area contributed by atoms with Crippen molar-refractivity contribution >= 4 is 17.5 Å². The number of hydrogen-bond donors (Lipinski definition) is 0. The van der Waals surface area contributed by atoms with E-state index in [0.29, 0.717) is 16.8 Å². The van der Waals surface area contributed by atoms with Crippen molar-refractivity contribution in [2.24, 2.45) is 0 Å². The van der Waals surface area contributed by atoms with Crippen molar-refractivity contribution in [3.05, 3.63) is 29.0 Å². The smallest absolute Gasteiger partial charge is 0.255 e. The zero-order valence-corrected chi connectivity index (χ0v) is 10.8. The van der Waals surface area contributed by atoms with Gasteiger partial charge in [0.1, 0.15) is 5.15 Å². The summed E-state index contributed by atoms with van der Waals surface area (Å²) in [6.07, 6.45) is 6.17. The number of aromatic nitrogens is 1. The molecular formula is C13H17ClN2O. The van der Waals surface area contributed by atoms with Crippen molar-refractivity contribution in [3.63, 3.8) is 0 Å². The molecule has 4 heteroatoms. The number of amides is 1. The fourth-order valence-corrected chi connectivity index (χ4v) is 2.36. The topological polar surface area (TPSA) is 33.2 Å². The van der Waals surface area contributed by atoms with E-state index in [9.17, 15) is 4.79 Å². The molecule has 0 N–H and O–H groups in total. The number of rotatable bonds is 1. The molecule has 0 bridgehead atoms. The van der Waals surface area contributed by atoms with Crippen LogP contribution in [0.25, 0.3) is 0 Å². The standard InChI is InChI=1S/C13H17ClN2O/c1-10-5-3-2-4-8-16(10)13(17)11-6-7-12(14)15-9-11/h6-7,9-10H,2-5,8H2,1H3. The third-order valence-electron chi connectivity index (χ3n) is 3.29. The molecule has 0 radical (unpaired) electrons. The predicted molar refractivity (Wildman–Crippen MR) is 68.2 cm³/mol. The van der Waals surface area contributed by atoms with Crippen LogP contribution >= 0.6 is 11.6 Å². The summed E-state index contributed by atoms with van der Waals surface area (Å²) >= 11 is 5.72. The number of halogens is 1. The molecule has 2 rings (SSSR count). The number of pyridine rings is 1. The van der Waals surface area contributed by atoms with E-state index in [1.165, 1.54) is 12.8 Å². The van der Waals surface area contributed by atoms with Crippen LogP contribution in [0.3, 0.4) is 0 Å². The van der Waals surface area contributed by atoms with E-state index in [2.05, 4.69) is 11.9 Å². The highest BCUT2D eigenvalue weighted by molar-refractivity contribution is 6.29. The second-order valence-corrected chi connectivity index (χ2v) is 4.95. The SMILES string of the molecule is CC1CCCCCN1C(=O)c1ccc(Cl)nc1. The minimum absolute atomic E-state index is 0.0727. The summed E-state index contributed by atoms with van der Waals surface area (Å²) in [4.78, 5) is 18.2. The Morgan fingerprint density at radius 2 is 2.24 bits per heavy atom. The van der Waals surface area contributed by atoms with E-state index >= 15 is 0 Å². The van der Waals surface area contributed by atoms with Crippen molar-refractivity contribution in [2.75, 3.05) is 6.54 Å². The zero-order valence-electron chi connectivity index (χ0n) is 10.0. The number of likely N-dealkylation sites (tertiary alicyclic amines) is 1. The van der Waals surface area contributed by atoms with Gasteiger partial charge in [-0.1, -0.05) is 24.4 Å². The van der Waals surface area contributed by atoms with Gasteiger partial charge in [0, 0.05) is 18.8 Å². The van der Waals surface area contributed by atoms with Crippen LogP contribution in [0.2, 0.25) is 5.15 Å². The fraction of sp³-hybridized carbons (Fsp3) is 0.538. The lowest BCUT2D eigenvalue weighted by atomic mass is 10.1. The van der Waals surface area contributed by atoms with Crippen LogP contribution in [-0.4, -0.2) is 28.4 Å². The Bertz CT molecular complexity index is 391. The van der Waals surface area contributed by atoms with Crippen molar-refractivity contribution in [2.45, 2.75) is 38.6 Å². The summed E-state index contributed by atoms with van der Waals surface area (Å²) in [5.74, 6) is 0.0727. The summed E-state index contributed by atoms with van der Waals surface area (Å²) < 4.78 is 0. The van der Waals surface area contributed by atoms with Crippen LogP contribution in [-0.2, 0) is 0 Å². The highest BCUT2D eigenvalue weighted by Crippen LogP contribution is 2.19. The Kier molecular flexibility index (Phi) is 4.00. The van der Waals surface area contributed by atoms with E-state index in [4.69, 9.17) is 11.6 Å². The molecule has 2 heterocycles. The first-order valence-electron chi connectivity index (χ1n) is 6.11. The fourth-order valence-electron chi connectivity index (χ4n) is 2.24. The molecule has 1 unspecified atom stereocenters. The lowest BCUT2D eigenvalue weighted by Gasteiger charge is -2.27. The van der Waals surface area contributed by atoms with Gasteiger partial charge in [0.25, 0.3) is 5.91 Å². The molecule has 92 valence electrons. The van der Waals surface area contributed by atoms with Crippen LogP contribution in [0.15, 0.2) is 18.3 Å². The Hall–Kier alpha value is -1.09. The molecule has 0 spiro atoms. The zero-order chi connectivity index (χ0) is 12.3. The van der Waals surface area contributed by atoms with Crippen LogP contribution in [0.5, 0.6) is 0 Å². The van der Waals surface area contributed by atoms with E-state index in [1.54, 1.807) is 18.3 Å². The minimum atomic E-state index is 0.0727. The number of hydrogen-bond acceptors (Lipinski definition) is 2. The molecule has 1 amide bonds. The third kappa shape index (κ3) is 2.97. The molecule has 1 aliphatic heterocycles. The summed E-state index contributed by atoms with van der Waals surface area (Å²) in [5, 5.41) is 0.422. The molecule has 1 aliphatic rings. The molecule has 17 heavy (non-hydrogen) atoms. The van der Waals surface area contributed by atoms with Crippen LogP contribution in [0.4, 0.5) is 0 Å². The van der Waals surface area contributed by atoms with E-state index in [0.717, 1.165) is 19.4 Å². The number of carbonyl (C=O) groups excluding carboxylic acids is 1. The maximum Gasteiger partial charge on any atom is 0.255 e. The van der Waals surface area contributed by atoms with Crippen LogP contribution in [0, 0.1) is 0 Å². The first kappa shape index (κ1) is 12.4. The molecular weight excluding hydrogens is 236 g/mol. The first-order chi connectivity index (χ1) is 8.18. The summed E-state index contributed by atoms with van der Waals surface area (Å²) in [6.45, 7) is 2.97. The molecule has 1 saturated heterocycles. The van der Waals surface area contributed by atoms with Gasteiger partial charge in [0.15, 0.2) is 0 Å². The Morgan fingerprint density at radius 1 is 1.41 bits per heavy atom. The lowest BCUT2D eigenvalue weighted by molar-refractivity contribution is 0.0697. The lowest BCUT2D eigenvalue weighted by Crippen LogP contribution is -2.38. The molecule has 0 aliphatic carbocycles. The van der Waals surface area contributed by atoms with Crippen molar-refractivity contribution < 1.29 is 4.79 Å². The van der Waals surface area contributed by atoms with E-state index in [1.807, 2.05) is 4.90 Å².